The third-order valence-corrected chi connectivity index (χ3v) is 2.79. The molecule has 4 heteroatoms. The van der Waals surface area contributed by atoms with Gasteiger partial charge in [-0.3, -0.25) is 0 Å². The van der Waals surface area contributed by atoms with Crippen molar-refractivity contribution < 1.29 is 13.9 Å². The largest absolute Gasteiger partial charge is 0.465 e. The fourth-order valence-electron chi connectivity index (χ4n) is 1.96. The molecule has 0 radical (unpaired) electrons. The SMILES string of the molecule is CN1CCC[C@@H](OC(=O)/C=C/c2ccco2)C1. The van der Waals surface area contributed by atoms with Crippen LogP contribution in [0.15, 0.2) is 28.9 Å². The number of likely N-dealkylation sites (N-methyl/N-ethyl adjacent to an activating group) is 1. The lowest BCUT2D eigenvalue weighted by Gasteiger charge is -2.28. The second kappa shape index (κ2) is 5.68. The third-order valence-electron chi connectivity index (χ3n) is 2.79. The molecule has 1 aromatic rings. The van der Waals surface area contributed by atoms with E-state index in [-0.39, 0.29) is 12.1 Å². The first kappa shape index (κ1) is 11.9. The van der Waals surface area contributed by atoms with Crippen LogP contribution in [0.25, 0.3) is 6.08 Å². The van der Waals surface area contributed by atoms with Crippen LogP contribution < -0.4 is 0 Å². The zero-order valence-electron chi connectivity index (χ0n) is 9.96. The minimum atomic E-state index is -0.304. The van der Waals surface area contributed by atoms with Crippen molar-refractivity contribution in [3.8, 4) is 0 Å². The highest BCUT2D eigenvalue weighted by atomic mass is 16.5. The Labute approximate surface area is 101 Å². The number of rotatable bonds is 3. The molecule has 1 aliphatic rings. The summed E-state index contributed by atoms with van der Waals surface area (Å²) in [7, 11) is 2.04. The fourth-order valence-corrected chi connectivity index (χ4v) is 1.96. The molecule has 17 heavy (non-hydrogen) atoms. The molecule has 1 atom stereocenters. The van der Waals surface area contributed by atoms with Crippen LogP contribution in [-0.2, 0) is 9.53 Å². The molecule has 2 rings (SSSR count). The Morgan fingerprint density at radius 1 is 1.65 bits per heavy atom. The molecule has 1 aromatic heterocycles. The first-order chi connectivity index (χ1) is 8.24. The van der Waals surface area contributed by atoms with Crippen molar-refractivity contribution in [1.82, 2.24) is 4.90 Å². The number of furan rings is 1. The minimum Gasteiger partial charge on any atom is -0.465 e. The predicted molar refractivity (Wildman–Crippen MR) is 64.4 cm³/mol. The van der Waals surface area contributed by atoms with Gasteiger partial charge in [-0.15, -0.1) is 0 Å². The Morgan fingerprint density at radius 3 is 3.24 bits per heavy atom. The Balaban J connectivity index is 1.80. The highest BCUT2D eigenvalue weighted by molar-refractivity contribution is 5.86. The van der Waals surface area contributed by atoms with Gasteiger partial charge in [0.25, 0.3) is 0 Å². The lowest BCUT2D eigenvalue weighted by molar-refractivity contribution is -0.145. The maximum atomic E-state index is 11.5. The fraction of sp³-hybridized carbons (Fsp3) is 0.462. The summed E-state index contributed by atoms with van der Waals surface area (Å²) in [5.74, 6) is 0.351. The van der Waals surface area contributed by atoms with Gasteiger partial charge < -0.3 is 14.1 Å². The molecule has 4 nitrogen and oxygen atoms in total. The van der Waals surface area contributed by atoms with Crippen LogP contribution in [0, 0.1) is 0 Å². The van der Waals surface area contributed by atoms with Gasteiger partial charge in [-0.1, -0.05) is 0 Å². The quantitative estimate of drug-likeness (QED) is 0.593. The van der Waals surface area contributed by atoms with E-state index in [1.54, 1.807) is 24.5 Å². The molecule has 0 saturated carbocycles. The normalized spacial score (nSPS) is 21.8. The Bertz CT molecular complexity index is 383. The van der Waals surface area contributed by atoms with E-state index in [0.717, 1.165) is 25.9 Å². The van der Waals surface area contributed by atoms with Crippen LogP contribution in [-0.4, -0.2) is 37.1 Å². The first-order valence-corrected chi connectivity index (χ1v) is 5.85. The third kappa shape index (κ3) is 3.75. The van der Waals surface area contributed by atoms with E-state index in [0.29, 0.717) is 5.76 Å². The predicted octanol–water partition coefficient (Wildman–Crippen LogP) is 1.93. The van der Waals surface area contributed by atoms with E-state index in [4.69, 9.17) is 9.15 Å². The van der Waals surface area contributed by atoms with Gasteiger partial charge in [0.1, 0.15) is 11.9 Å². The number of hydrogen-bond acceptors (Lipinski definition) is 4. The Kier molecular flexibility index (Phi) is 3.98. The molecule has 0 bridgehead atoms. The lowest BCUT2D eigenvalue weighted by atomic mass is 10.1. The van der Waals surface area contributed by atoms with Gasteiger partial charge in [0.15, 0.2) is 0 Å². The van der Waals surface area contributed by atoms with Crippen molar-refractivity contribution in [2.75, 3.05) is 20.1 Å². The second-order valence-electron chi connectivity index (χ2n) is 4.31. The highest BCUT2D eigenvalue weighted by Gasteiger charge is 2.19. The summed E-state index contributed by atoms with van der Waals surface area (Å²) in [6.07, 6.45) is 6.65. The van der Waals surface area contributed by atoms with Crippen molar-refractivity contribution >= 4 is 12.0 Å². The average Bonchev–Trinajstić information content (AvgIpc) is 2.79. The molecule has 1 saturated heterocycles. The summed E-state index contributed by atoms with van der Waals surface area (Å²) in [6.45, 7) is 1.90. The molecule has 0 spiro atoms. The number of carbonyl (C=O) groups is 1. The number of hydrogen-bond donors (Lipinski definition) is 0. The van der Waals surface area contributed by atoms with Crippen molar-refractivity contribution in [1.29, 1.82) is 0 Å². The van der Waals surface area contributed by atoms with Gasteiger partial charge in [-0.25, -0.2) is 4.79 Å². The maximum Gasteiger partial charge on any atom is 0.331 e. The molecular formula is C13H17NO3. The average molecular weight is 235 g/mol. The van der Waals surface area contributed by atoms with Crippen LogP contribution in [0.2, 0.25) is 0 Å². The number of esters is 1. The molecule has 1 fully saturated rings. The van der Waals surface area contributed by atoms with E-state index in [1.165, 1.54) is 6.08 Å². The lowest BCUT2D eigenvalue weighted by Crippen LogP contribution is -2.37. The van der Waals surface area contributed by atoms with Crippen LogP contribution in [0.5, 0.6) is 0 Å². The topological polar surface area (TPSA) is 42.7 Å². The van der Waals surface area contributed by atoms with E-state index in [1.807, 2.05) is 7.05 Å². The van der Waals surface area contributed by atoms with Crippen LogP contribution in [0.1, 0.15) is 18.6 Å². The van der Waals surface area contributed by atoms with Gasteiger partial charge >= 0.3 is 5.97 Å². The highest BCUT2D eigenvalue weighted by Crippen LogP contribution is 2.12. The van der Waals surface area contributed by atoms with Gasteiger partial charge in [-0.2, -0.15) is 0 Å². The molecule has 0 aliphatic carbocycles. The number of likely N-dealkylation sites (tertiary alicyclic amines) is 1. The zero-order chi connectivity index (χ0) is 12.1. The molecule has 0 unspecified atom stereocenters. The standard InChI is InChI=1S/C13H17NO3/c1-14-8-2-4-12(10-14)17-13(15)7-6-11-5-3-9-16-11/h3,5-7,9,12H,2,4,8,10H2,1H3/b7-6+/t12-/m1/s1. The minimum absolute atomic E-state index is 0.0162. The van der Waals surface area contributed by atoms with Crippen LogP contribution in [0.3, 0.4) is 0 Å². The van der Waals surface area contributed by atoms with E-state index in [2.05, 4.69) is 4.90 Å². The van der Waals surface area contributed by atoms with Crippen molar-refractivity contribution in [3.05, 3.63) is 30.2 Å². The van der Waals surface area contributed by atoms with Gasteiger partial charge in [0, 0.05) is 12.6 Å². The molecule has 92 valence electrons. The van der Waals surface area contributed by atoms with Gasteiger partial charge in [0.2, 0.25) is 0 Å². The summed E-state index contributed by atoms with van der Waals surface area (Å²) in [5.41, 5.74) is 0. The number of piperidine rings is 1. The zero-order valence-corrected chi connectivity index (χ0v) is 9.96. The summed E-state index contributed by atoms with van der Waals surface area (Å²) in [6, 6.07) is 3.57. The van der Waals surface area contributed by atoms with E-state index in [9.17, 15) is 4.79 Å². The van der Waals surface area contributed by atoms with E-state index >= 15 is 0 Å². The van der Waals surface area contributed by atoms with Crippen molar-refractivity contribution in [2.24, 2.45) is 0 Å². The summed E-state index contributed by atoms with van der Waals surface area (Å²) >= 11 is 0. The van der Waals surface area contributed by atoms with Gasteiger partial charge in [0.05, 0.1) is 6.26 Å². The monoisotopic (exact) mass is 235 g/mol. The number of nitrogens with zero attached hydrogens (tertiary/aromatic N) is 1. The maximum absolute atomic E-state index is 11.5. The van der Waals surface area contributed by atoms with Crippen molar-refractivity contribution in [2.45, 2.75) is 18.9 Å². The smallest absolute Gasteiger partial charge is 0.331 e. The van der Waals surface area contributed by atoms with Gasteiger partial charge in [-0.05, 0) is 44.6 Å². The van der Waals surface area contributed by atoms with Crippen molar-refractivity contribution in [3.63, 3.8) is 0 Å². The molecule has 0 amide bonds. The molecule has 1 aliphatic heterocycles. The number of ether oxygens (including phenoxy) is 1. The molecular weight excluding hydrogens is 218 g/mol. The summed E-state index contributed by atoms with van der Waals surface area (Å²) in [4.78, 5) is 13.7. The molecule has 2 heterocycles. The van der Waals surface area contributed by atoms with Crippen LogP contribution in [0.4, 0.5) is 0 Å². The summed E-state index contributed by atoms with van der Waals surface area (Å²) < 4.78 is 10.4. The molecule has 0 aromatic carbocycles. The first-order valence-electron chi connectivity index (χ1n) is 5.85. The van der Waals surface area contributed by atoms with E-state index < -0.39 is 0 Å². The second-order valence-corrected chi connectivity index (χ2v) is 4.31. The molecule has 0 N–H and O–H groups in total. The Morgan fingerprint density at radius 2 is 2.53 bits per heavy atom. The van der Waals surface area contributed by atoms with Crippen LogP contribution >= 0.6 is 0 Å². The summed E-state index contributed by atoms with van der Waals surface area (Å²) in [5, 5.41) is 0. The Hall–Kier alpha value is -1.55. The number of carbonyl (C=O) groups excluding carboxylic acids is 1.